The first kappa shape index (κ1) is 42.0. The van der Waals surface area contributed by atoms with E-state index in [0.717, 1.165) is 0 Å². The lowest BCUT2D eigenvalue weighted by atomic mass is 9.95. The van der Waals surface area contributed by atoms with Crippen LogP contribution in [0.25, 0.3) is 0 Å². The normalized spacial score (nSPS) is 15.1. The van der Waals surface area contributed by atoms with Gasteiger partial charge in [-0.05, 0) is 42.9 Å². The highest BCUT2D eigenvalue weighted by molar-refractivity contribution is 5.95. The van der Waals surface area contributed by atoms with Gasteiger partial charge in [-0.3, -0.25) is 29.0 Å². The maximum atomic E-state index is 13.6. The monoisotopic (exact) mass is 655 g/mol. The molecule has 0 aliphatic carbocycles. The zero-order valence-corrected chi connectivity index (χ0v) is 28.5. The van der Waals surface area contributed by atoms with Crippen molar-refractivity contribution in [3.05, 3.63) is 0 Å². The molecular formula is C30H57N9O7. The molecule has 0 spiro atoms. The van der Waals surface area contributed by atoms with Gasteiger partial charge in [0.15, 0.2) is 5.96 Å². The van der Waals surface area contributed by atoms with Crippen LogP contribution in [-0.4, -0.2) is 89.9 Å². The molecule has 0 saturated heterocycles. The quantitative estimate of drug-likeness (QED) is 0.0409. The van der Waals surface area contributed by atoms with E-state index in [4.69, 9.17) is 17.2 Å². The third-order valence-corrected chi connectivity index (χ3v) is 7.40. The Morgan fingerprint density at radius 3 is 1.78 bits per heavy atom. The highest BCUT2D eigenvalue weighted by Crippen LogP contribution is 2.13. The minimum absolute atomic E-state index is 0.000257. The third kappa shape index (κ3) is 15.9. The molecule has 0 radical (unpaired) electrons. The van der Waals surface area contributed by atoms with E-state index in [0.29, 0.717) is 12.8 Å². The van der Waals surface area contributed by atoms with Gasteiger partial charge in [-0.15, -0.1) is 0 Å². The topological polar surface area (TPSA) is 273 Å². The lowest BCUT2D eigenvalue weighted by Crippen LogP contribution is -2.60. The van der Waals surface area contributed by atoms with E-state index in [9.17, 15) is 33.9 Å². The number of nitrogens with two attached hydrogens (primary N) is 3. The Bertz CT molecular complexity index is 1060. The van der Waals surface area contributed by atoms with Gasteiger partial charge in [0, 0.05) is 6.54 Å². The molecule has 0 aromatic rings. The summed E-state index contributed by atoms with van der Waals surface area (Å²) in [5.74, 6) is -5.41. The molecule has 0 unspecified atom stereocenters. The van der Waals surface area contributed by atoms with Gasteiger partial charge in [0.05, 0.1) is 12.6 Å². The van der Waals surface area contributed by atoms with Crippen LogP contribution in [0.1, 0.15) is 81.1 Å². The third-order valence-electron chi connectivity index (χ3n) is 7.40. The lowest BCUT2D eigenvalue weighted by molar-refractivity contribution is -0.143. The van der Waals surface area contributed by atoms with Crippen molar-refractivity contribution in [3.8, 4) is 0 Å². The molecule has 264 valence electrons. The van der Waals surface area contributed by atoms with E-state index in [-0.39, 0.29) is 43.1 Å². The maximum Gasteiger partial charge on any atom is 0.326 e. The first-order chi connectivity index (χ1) is 21.3. The number of nitrogens with one attached hydrogen (secondary N) is 5. The molecule has 12 N–H and O–H groups in total. The van der Waals surface area contributed by atoms with Crippen molar-refractivity contribution in [1.29, 1.82) is 0 Å². The predicted octanol–water partition coefficient (Wildman–Crippen LogP) is -1.09. The Labute approximate surface area is 272 Å². The van der Waals surface area contributed by atoms with E-state index in [1.807, 2.05) is 20.8 Å². The smallest absolute Gasteiger partial charge is 0.326 e. The van der Waals surface area contributed by atoms with Crippen LogP contribution < -0.4 is 43.8 Å². The zero-order chi connectivity index (χ0) is 35.7. The van der Waals surface area contributed by atoms with Crippen LogP contribution in [0.3, 0.4) is 0 Å². The number of nitrogens with zero attached hydrogens (tertiary/aromatic N) is 1. The zero-order valence-electron chi connectivity index (χ0n) is 28.5. The Morgan fingerprint density at radius 2 is 1.30 bits per heavy atom. The molecule has 0 aromatic carbocycles. The Morgan fingerprint density at radius 1 is 0.739 bits per heavy atom. The van der Waals surface area contributed by atoms with E-state index >= 15 is 0 Å². The van der Waals surface area contributed by atoms with Gasteiger partial charge in [-0.2, -0.15) is 0 Å². The fraction of sp³-hybridized carbons (Fsp3) is 0.767. The number of carbonyl (C=O) groups excluding carboxylic acids is 5. The van der Waals surface area contributed by atoms with Crippen LogP contribution in [0.15, 0.2) is 4.99 Å². The number of hydrogen-bond donors (Lipinski definition) is 9. The molecule has 16 heteroatoms. The Hall–Kier alpha value is -3.95. The molecule has 0 heterocycles. The average Bonchev–Trinajstić information content (AvgIpc) is 2.96. The highest BCUT2D eigenvalue weighted by atomic mass is 16.4. The van der Waals surface area contributed by atoms with Crippen LogP contribution in [0.5, 0.6) is 0 Å². The Balaban J connectivity index is 5.91. The molecule has 0 fully saturated rings. The number of carboxylic acids is 1. The maximum absolute atomic E-state index is 13.6. The van der Waals surface area contributed by atoms with Gasteiger partial charge in [-0.1, -0.05) is 61.8 Å². The van der Waals surface area contributed by atoms with Crippen LogP contribution in [0.2, 0.25) is 0 Å². The first-order valence-corrected chi connectivity index (χ1v) is 15.8. The minimum Gasteiger partial charge on any atom is -0.480 e. The fourth-order valence-electron chi connectivity index (χ4n) is 4.29. The van der Waals surface area contributed by atoms with Crippen LogP contribution in [0.4, 0.5) is 0 Å². The summed E-state index contributed by atoms with van der Waals surface area (Å²) in [5, 5.41) is 22.5. The lowest BCUT2D eigenvalue weighted by Gasteiger charge is -2.30. The summed E-state index contributed by atoms with van der Waals surface area (Å²) in [6.07, 6.45) is 1.09. The number of hydrogen-bond acceptors (Lipinski definition) is 8. The number of carboxylic acid groups (broad SMARTS) is 1. The number of rotatable bonds is 21. The molecule has 0 rings (SSSR count). The molecule has 0 aromatic heterocycles. The summed E-state index contributed by atoms with van der Waals surface area (Å²) in [6, 6.07) is -5.25. The Kier molecular flexibility index (Phi) is 19.2. The summed E-state index contributed by atoms with van der Waals surface area (Å²) < 4.78 is 0. The standard InChI is InChI=1S/C30H57N9O7/c1-9-18(8)24(28(44)38-23(17(6)7)27(43)37-20(29(45)46)13-15(2)3)39-25(41)19(11-10-12-34-30(32)33)36-21(40)14-35-26(42)22(31)16(4)5/h15-20,22-24H,9-14,31H2,1-8H3,(H,35,42)(H,36,40)(H,37,43)(H,38,44)(H,39,41)(H,45,46)(H4,32,33,34)/t18-,19-,20-,22-,23-,24-/m0/s1. The summed E-state index contributed by atoms with van der Waals surface area (Å²) in [5.41, 5.74) is 16.6. The number of guanidine groups is 1. The van der Waals surface area contributed by atoms with Crippen molar-refractivity contribution in [1.82, 2.24) is 26.6 Å². The van der Waals surface area contributed by atoms with Crippen molar-refractivity contribution in [2.75, 3.05) is 13.1 Å². The summed E-state index contributed by atoms with van der Waals surface area (Å²) in [7, 11) is 0. The van der Waals surface area contributed by atoms with E-state index in [1.54, 1.807) is 34.6 Å². The van der Waals surface area contributed by atoms with Crippen molar-refractivity contribution in [3.63, 3.8) is 0 Å². The number of amides is 5. The molecule has 0 saturated carbocycles. The highest BCUT2D eigenvalue weighted by Gasteiger charge is 2.34. The summed E-state index contributed by atoms with van der Waals surface area (Å²) in [4.78, 5) is 80.7. The van der Waals surface area contributed by atoms with Crippen molar-refractivity contribution >= 4 is 41.5 Å². The number of aliphatic imine (C=N–C) groups is 1. The molecular weight excluding hydrogens is 598 g/mol. The van der Waals surface area contributed by atoms with Gasteiger partial charge < -0.3 is 48.9 Å². The van der Waals surface area contributed by atoms with Crippen molar-refractivity contribution < 1.29 is 33.9 Å². The van der Waals surface area contributed by atoms with Gasteiger partial charge >= 0.3 is 5.97 Å². The van der Waals surface area contributed by atoms with Crippen LogP contribution >= 0.6 is 0 Å². The predicted molar refractivity (Wildman–Crippen MR) is 175 cm³/mol. The molecule has 5 amide bonds. The van der Waals surface area contributed by atoms with Crippen molar-refractivity contribution in [2.24, 2.45) is 45.9 Å². The summed E-state index contributed by atoms with van der Waals surface area (Å²) >= 11 is 0. The van der Waals surface area contributed by atoms with Gasteiger partial charge in [0.25, 0.3) is 0 Å². The SMILES string of the molecule is CC[C@H](C)[C@H](NC(=O)[C@H](CCCN=C(N)N)NC(=O)CNC(=O)[C@@H](N)C(C)C)C(=O)N[C@H](C(=O)N[C@@H](CC(C)C)C(=O)O)C(C)C. The molecule has 6 atom stereocenters. The summed E-state index contributed by atoms with van der Waals surface area (Å²) in [6.45, 7) is 13.9. The molecule has 0 bridgehead atoms. The van der Waals surface area contributed by atoms with Crippen LogP contribution in [-0.2, 0) is 28.8 Å². The number of carbonyl (C=O) groups is 6. The second-order valence-electron chi connectivity index (χ2n) is 12.7. The minimum atomic E-state index is -1.18. The average molecular weight is 656 g/mol. The van der Waals surface area contributed by atoms with Crippen molar-refractivity contribution in [2.45, 2.75) is 111 Å². The fourth-order valence-corrected chi connectivity index (χ4v) is 4.29. The first-order valence-electron chi connectivity index (χ1n) is 15.8. The van der Waals surface area contributed by atoms with Gasteiger partial charge in [0.1, 0.15) is 24.2 Å². The van der Waals surface area contributed by atoms with E-state index in [1.165, 1.54) is 0 Å². The van der Waals surface area contributed by atoms with Crippen LogP contribution in [0, 0.1) is 23.7 Å². The second kappa shape index (κ2) is 21.0. The largest absolute Gasteiger partial charge is 0.480 e. The molecule has 46 heavy (non-hydrogen) atoms. The van der Waals surface area contributed by atoms with Gasteiger partial charge in [-0.25, -0.2) is 4.79 Å². The second-order valence-corrected chi connectivity index (χ2v) is 12.7. The molecule has 0 aliphatic rings. The number of aliphatic carboxylic acids is 1. The van der Waals surface area contributed by atoms with E-state index < -0.39 is 78.2 Å². The molecule has 16 nitrogen and oxygen atoms in total. The molecule has 0 aliphatic heterocycles. The van der Waals surface area contributed by atoms with Gasteiger partial charge in [0.2, 0.25) is 29.5 Å². The van der Waals surface area contributed by atoms with E-state index in [2.05, 4.69) is 31.6 Å².